The highest BCUT2D eigenvalue weighted by Gasteiger charge is 2.30. The van der Waals surface area contributed by atoms with Crippen LogP contribution in [0.3, 0.4) is 0 Å². The lowest BCUT2D eigenvalue weighted by Crippen LogP contribution is -2.25. The van der Waals surface area contributed by atoms with Crippen LogP contribution < -0.4 is 0 Å². The highest BCUT2D eigenvalue weighted by Crippen LogP contribution is 2.34. The average molecular weight is 562 g/mol. The lowest BCUT2D eigenvalue weighted by molar-refractivity contribution is -0.139. The van der Waals surface area contributed by atoms with Gasteiger partial charge in [0.15, 0.2) is 11.6 Å². The van der Waals surface area contributed by atoms with Gasteiger partial charge in [0.05, 0.1) is 11.5 Å². The van der Waals surface area contributed by atoms with E-state index in [2.05, 4.69) is 18.7 Å². The number of aliphatic carboxylic acids is 1. The second kappa shape index (κ2) is 13.4. The van der Waals surface area contributed by atoms with Gasteiger partial charge in [-0.3, -0.25) is 9.69 Å². The number of hydrogen-bond acceptors (Lipinski definition) is 2. The summed E-state index contributed by atoms with van der Waals surface area (Å²) in [5.74, 6) is -3.10. The number of rotatable bonds is 12. The molecule has 3 rings (SSSR count). The van der Waals surface area contributed by atoms with Crippen LogP contribution in [0.15, 0.2) is 60.7 Å². The minimum atomic E-state index is -4.46. The van der Waals surface area contributed by atoms with Crippen LogP contribution in [0.25, 0.3) is 11.1 Å². The molecule has 0 bridgehead atoms. The average Bonchev–Trinajstić information content (AvgIpc) is 2.87. The van der Waals surface area contributed by atoms with E-state index in [4.69, 9.17) is 0 Å². The third-order valence-corrected chi connectivity index (χ3v) is 6.79. The maximum Gasteiger partial charge on any atom is 0.416 e. The fourth-order valence-corrected chi connectivity index (χ4v) is 4.69. The minimum absolute atomic E-state index is 0.107. The van der Waals surface area contributed by atoms with Crippen molar-refractivity contribution in [2.24, 2.45) is 11.8 Å². The zero-order valence-electron chi connectivity index (χ0n) is 23.2. The second-order valence-corrected chi connectivity index (χ2v) is 11.2. The molecule has 40 heavy (non-hydrogen) atoms. The molecule has 3 aromatic rings. The number of nitrogens with zero attached hydrogens (tertiary/aromatic N) is 1. The molecule has 0 aliphatic rings. The van der Waals surface area contributed by atoms with Gasteiger partial charge in [-0.2, -0.15) is 13.2 Å². The quantitative estimate of drug-likeness (QED) is 0.225. The highest BCUT2D eigenvalue weighted by atomic mass is 19.4. The Kier molecular flexibility index (Phi) is 10.5. The molecule has 8 heteroatoms. The molecule has 0 aromatic heterocycles. The first-order valence-corrected chi connectivity index (χ1v) is 13.4. The molecule has 0 aliphatic heterocycles. The molecule has 0 heterocycles. The molecule has 0 fully saturated rings. The predicted octanol–water partition coefficient (Wildman–Crippen LogP) is 8.91. The van der Waals surface area contributed by atoms with Gasteiger partial charge in [0.25, 0.3) is 0 Å². The third-order valence-electron chi connectivity index (χ3n) is 6.79. The third kappa shape index (κ3) is 8.88. The van der Waals surface area contributed by atoms with Crippen molar-refractivity contribution in [3.8, 4) is 11.1 Å². The Bertz CT molecular complexity index is 1290. The monoisotopic (exact) mass is 561 g/mol. The lowest BCUT2D eigenvalue weighted by atomic mass is 9.87. The molecule has 216 valence electrons. The van der Waals surface area contributed by atoms with Crippen LogP contribution in [0, 0.1) is 23.5 Å². The van der Waals surface area contributed by atoms with Crippen molar-refractivity contribution in [2.75, 3.05) is 6.54 Å². The van der Waals surface area contributed by atoms with Crippen molar-refractivity contribution in [2.45, 2.75) is 65.7 Å². The van der Waals surface area contributed by atoms with E-state index in [1.54, 1.807) is 6.07 Å². The van der Waals surface area contributed by atoms with Crippen molar-refractivity contribution in [3.05, 3.63) is 94.6 Å². The van der Waals surface area contributed by atoms with Crippen LogP contribution >= 0.6 is 0 Å². The molecule has 0 saturated carbocycles. The van der Waals surface area contributed by atoms with E-state index in [0.29, 0.717) is 54.2 Å². The van der Waals surface area contributed by atoms with Crippen LogP contribution in [0.1, 0.15) is 68.7 Å². The molecule has 1 N–H and O–H groups in total. The summed E-state index contributed by atoms with van der Waals surface area (Å²) in [7, 11) is 0. The first-order valence-electron chi connectivity index (χ1n) is 13.4. The van der Waals surface area contributed by atoms with Crippen molar-refractivity contribution in [1.29, 1.82) is 0 Å². The van der Waals surface area contributed by atoms with Crippen LogP contribution in [0.5, 0.6) is 0 Å². The van der Waals surface area contributed by atoms with Gasteiger partial charge < -0.3 is 5.11 Å². The molecular formula is C32H36F5NO2. The Labute approximate surface area is 232 Å². The van der Waals surface area contributed by atoms with Gasteiger partial charge in [-0.1, -0.05) is 58.0 Å². The molecular weight excluding hydrogens is 525 g/mol. The first kappa shape index (κ1) is 31.3. The van der Waals surface area contributed by atoms with E-state index in [1.807, 2.05) is 26.0 Å². The van der Waals surface area contributed by atoms with Crippen molar-refractivity contribution in [3.63, 3.8) is 0 Å². The smallest absolute Gasteiger partial charge is 0.416 e. The zero-order chi connectivity index (χ0) is 29.6. The fourth-order valence-electron chi connectivity index (χ4n) is 4.69. The molecule has 0 saturated heterocycles. The number of alkyl halides is 3. The zero-order valence-corrected chi connectivity index (χ0v) is 23.2. The highest BCUT2D eigenvalue weighted by molar-refractivity contribution is 5.77. The molecule has 3 nitrogen and oxygen atoms in total. The Balaban J connectivity index is 2.04. The number of halogens is 5. The van der Waals surface area contributed by atoms with E-state index < -0.39 is 35.3 Å². The maximum absolute atomic E-state index is 13.9. The van der Waals surface area contributed by atoms with Gasteiger partial charge >= 0.3 is 12.1 Å². The van der Waals surface area contributed by atoms with Crippen molar-refractivity contribution in [1.82, 2.24) is 4.90 Å². The molecule has 0 amide bonds. The fraction of sp³-hybridized carbons (Fsp3) is 0.406. The summed E-state index contributed by atoms with van der Waals surface area (Å²) in [5.41, 5.74) is 2.36. The maximum atomic E-state index is 13.9. The summed E-state index contributed by atoms with van der Waals surface area (Å²) in [6.07, 6.45) is -3.22. The van der Waals surface area contributed by atoms with Crippen LogP contribution in [-0.4, -0.2) is 22.5 Å². The number of benzene rings is 3. The van der Waals surface area contributed by atoms with Crippen LogP contribution in [-0.2, 0) is 24.1 Å². The second-order valence-electron chi connectivity index (χ2n) is 11.2. The van der Waals surface area contributed by atoms with Gasteiger partial charge in [0, 0.05) is 13.1 Å². The standard InChI is InChI=1S/C32H36F5NO2/c1-20(2)11-12-38(18-22-5-10-29(33)30(34)16-22)19-23-14-25(24-6-8-27(9-7-24)32(35,36)37)17-26(15-23)28(31(39)40)13-21(3)4/h5-10,14-17,20-21,28H,11-13,18-19H2,1-4H3,(H,39,40)/t28-/m1/s1. The van der Waals surface area contributed by atoms with Crippen LogP contribution in [0.4, 0.5) is 22.0 Å². The summed E-state index contributed by atoms with van der Waals surface area (Å²) in [6.45, 7) is 9.44. The Morgan fingerprint density at radius 1 is 0.800 bits per heavy atom. The normalized spacial score (nSPS) is 12.9. The number of carboxylic acids is 1. The first-order chi connectivity index (χ1) is 18.7. The summed E-state index contributed by atoms with van der Waals surface area (Å²) >= 11 is 0. The Hall–Kier alpha value is -3.26. The molecule has 0 spiro atoms. The van der Waals surface area contributed by atoms with Crippen molar-refractivity contribution >= 4 is 5.97 Å². The van der Waals surface area contributed by atoms with Gasteiger partial charge in [-0.05, 0) is 89.4 Å². The largest absolute Gasteiger partial charge is 0.481 e. The van der Waals surface area contributed by atoms with E-state index >= 15 is 0 Å². The topological polar surface area (TPSA) is 40.5 Å². The Morgan fingerprint density at radius 3 is 2.00 bits per heavy atom. The number of hydrogen-bond donors (Lipinski definition) is 1. The number of carbonyl (C=O) groups is 1. The molecule has 3 aromatic carbocycles. The minimum Gasteiger partial charge on any atom is -0.481 e. The number of carboxylic acid groups (broad SMARTS) is 1. The van der Waals surface area contributed by atoms with Gasteiger partial charge in [0.2, 0.25) is 0 Å². The van der Waals surface area contributed by atoms with Gasteiger partial charge in [-0.25, -0.2) is 8.78 Å². The van der Waals surface area contributed by atoms with E-state index in [1.165, 1.54) is 24.3 Å². The van der Waals surface area contributed by atoms with Gasteiger partial charge in [0.1, 0.15) is 0 Å². The predicted molar refractivity (Wildman–Crippen MR) is 147 cm³/mol. The van der Waals surface area contributed by atoms with Crippen molar-refractivity contribution < 1.29 is 31.9 Å². The summed E-state index contributed by atoms with van der Waals surface area (Å²) in [4.78, 5) is 14.3. The molecule has 0 aliphatic carbocycles. The summed E-state index contributed by atoms with van der Waals surface area (Å²) in [6, 6.07) is 14.0. The Morgan fingerprint density at radius 2 is 1.45 bits per heavy atom. The molecule has 0 unspecified atom stereocenters. The summed E-state index contributed by atoms with van der Waals surface area (Å²) in [5, 5.41) is 10.0. The van der Waals surface area contributed by atoms with E-state index in [-0.39, 0.29) is 5.92 Å². The van der Waals surface area contributed by atoms with Crippen LogP contribution in [0.2, 0.25) is 0 Å². The van der Waals surface area contributed by atoms with Gasteiger partial charge in [-0.15, -0.1) is 0 Å². The molecule has 1 atom stereocenters. The SMILES string of the molecule is CC(C)CCN(Cc1cc(-c2ccc(C(F)(F)F)cc2)cc([C@@H](CC(C)C)C(=O)O)c1)Cc1ccc(F)c(F)c1. The van der Waals surface area contributed by atoms with E-state index in [0.717, 1.165) is 30.2 Å². The molecule has 0 radical (unpaired) electrons. The summed E-state index contributed by atoms with van der Waals surface area (Å²) < 4.78 is 66.9. The van der Waals surface area contributed by atoms with E-state index in [9.17, 15) is 31.9 Å². The lowest BCUT2D eigenvalue weighted by Gasteiger charge is -2.25.